The maximum atomic E-state index is 12.1. The van der Waals surface area contributed by atoms with E-state index in [1.165, 1.54) is 17.6 Å². The maximum absolute atomic E-state index is 12.1. The van der Waals surface area contributed by atoms with Gasteiger partial charge in [-0.05, 0) is 41.8 Å². The second kappa shape index (κ2) is 7.11. The van der Waals surface area contributed by atoms with Crippen molar-refractivity contribution in [2.24, 2.45) is 0 Å². The molecule has 0 fully saturated rings. The zero-order valence-corrected chi connectivity index (χ0v) is 15.0. The first-order valence-corrected chi connectivity index (χ1v) is 9.45. The van der Waals surface area contributed by atoms with Crippen LogP contribution in [-0.2, 0) is 11.2 Å². The monoisotopic (exact) mass is 383 g/mol. The van der Waals surface area contributed by atoms with E-state index in [-0.39, 0.29) is 17.6 Å². The summed E-state index contributed by atoms with van der Waals surface area (Å²) in [5, 5.41) is 8.03. The Morgan fingerprint density at radius 1 is 1.12 bits per heavy atom. The van der Waals surface area contributed by atoms with Gasteiger partial charge in [-0.15, -0.1) is 11.3 Å². The molecule has 3 heterocycles. The van der Waals surface area contributed by atoms with Crippen molar-refractivity contribution in [2.45, 2.75) is 6.42 Å². The molecule has 0 saturated heterocycles. The van der Waals surface area contributed by atoms with Crippen LogP contribution < -0.4 is 10.6 Å². The van der Waals surface area contributed by atoms with Crippen LogP contribution in [0, 0.1) is 0 Å². The number of aromatic nitrogens is 1. The summed E-state index contributed by atoms with van der Waals surface area (Å²) in [5.74, 6) is -0.188. The molecule has 2 N–H and O–H groups in total. The van der Waals surface area contributed by atoms with Gasteiger partial charge in [0.25, 0.3) is 5.91 Å². The van der Waals surface area contributed by atoms with Crippen molar-refractivity contribution in [3.8, 4) is 0 Å². The van der Waals surface area contributed by atoms with Crippen molar-refractivity contribution in [3.05, 3.63) is 64.7 Å². The van der Waals surface area contributed by atoms with Crippen LogP contribution in [-0.4, -0.2) is 16.8 Å². The first kappa shape index (κ1) is 16.5. The molecule has 0 saturated carbocycles. The lowest BCUT2D eigenvalue weighted by Gasteiger charge is -2.03. The van der Waals surface area contributed by atoms with Gasteiger partial charge in [-0.1, -0.05) is 17.4 Å². The highest BCUT2D eigenvalue weighted by atomic mass is 32.1. The van der Waals surface area contributed by atoms with Gasteiger partial charge in [0.15, 0.2) is 10.9 Å². The third kappa shape index (κ3) is 3.66. The van der Waals surface area contributed by atoms with Gasteiger partial charge < -0.3 is 9.73 Å². The minimum Gasteiger partial charge on any atom is -0.459 e. The number of furan rings is 1. The van der Waals surface area contributed by atoms with E-state index in [9.17, 15) is 9.59 Å². The largest absolute Gasteiger partial charge is 0.459 e. The molecule has 0 aliphatic heterocycles. The molecule has 3 aromatic heterocycles. The molecule has 130 valence electrons. The number of anilines is 2. The highest BCUT2D eigenvalue weighted by molar-refractivity contribution is 7.22. The van der Waals surface area contributed by atoms with Crippen molar-refractivity contribution in [2.75, 3.05) is 10.6 Å². The quantitative estimate of drug-likeness (QED) is 0.535. The van der Waals surface area contributed by atoms with E-state index in [2.05, 4.69) is 15.6 Å². The van der Waals surface area contributed by atoms with E-state index in [1.54, 1.807) is 29.5 Å². The summed E-state index contributed by atoms with van der Waals surface area (Å²) in [6, 6.07) is 12.6. The van der Waals surface area contributed by atoms with E-state index in [4.69, 9.17) is 4.42 Å². The predicted octanol–water partition coefficient (Wildman–Crippen LogP) is 4.38. The minimum atomic E-state index is -0.349. The first-order chi connectivity index (χ1) is 12.7. The molecule has 4 rings (SSSR count). The number of hydrogen-bond donors (Lipinski definition) is 2. The summed E-state index contributed by atoms with van der Waals surface area (Å²) in [6.45, 7) is 0. The van der Waals surface area contributed by atoms with Crippen LogP contribution in [0.25, 0.3) is 10.2 Å². The predicted molar refractivity (Wildman–Crippen MR) is 103 cm³/mol. The fourth-order valence-electron chi connectivity index (χ4n) is 2.40. The molecule has 26 heavy (non-hydrogen) atoms. The van der Waals surface area contributed by atoms with E-state index < -0.39 is 0 Å². The van der Waals surface area contributed by atoms with Gasteiger partial charge in [0.1, 0.15) is 0 Å². The lowest BCUT2D eigenvalue weighted by atomic mass is 10.2. The van der Waals surface area contributed by atoms with Gasteiger partial charge in [-0.25, -0.2) is 4.98 Å². The second-order valence-corrected chi connectivity index (χ2v) is 7.50. The Labute approximate surface area is 156 Å². The fourth-order valence-corrected chi connectivity index (χ4v) is 4.00. The van der Waals surface area contributed by atoms with Crippen LogP contribution in [0.4, 0.5) is 10.8 Å². The van der Waals surface area contributed by atoms with Crippen LogP contribution >= 0.6 is 22.7 Å². The van der Waals surface area contributed by atoms with Crippen molar-refractivity contribution in [1.29, 1.82) is 0 Å². The number of thiazole rings is 1. The van der Waals surface area contributed by atoms with Crippen LogP contribution in [0.2, 0.25) is 0 Å². The zero-order valence-electron chi connectivity index (χ0n) is 13.4. The molecule has 0 spiro atoms. The molecule has 2 amide bonds. The molecule has 0 bridgehead atoms. The molecule has 6 nitrogen and oxygen atoms in total. The van der Waals surface area contributed by atoms with Crippen LogP contribution in [0.15, 0.2) is 58.5 Å². The summed E-state index contributed by atoms with van der Waals surface area (Å²) in [4.78, 5) is 29.5. The molecule has 0 aliphatic carbocycles. The van der Waals surface area contributed by atoms with Crippen LogP contribution in [0.3, 0.4) is 0 Å². The highest BCUT2D eigenvalue weighted by Gasteiger charge is 2.13. The molecular formula is C18H13N3O3S2. The number of nitrogens with one attached hydrogen (secondary N) is 2. The number of carbonyl (C=O) groups excluding carboxylic acids is 2. The molecule has 0 radical (unpaired) electrons. The smallest absolute Gasteiger partial charge is 0.293 e. The van der Waals surface area contributed by atoms with Gasteiger partial charge in [-0.3, -0.25) is 14.9 Å². The zero-order chi connectivity index (χ0) is 17.9. The Hall–Kier alpha value is -2.97. The molecule has 8 heteroatoms. The van der Waals surface area contributed by atoms with E-state index >= 15 is 0 Å². The van der Waals surface area contributed by atoms with Gasteiger partial charge in [0.05, 0.1) is 22.9 Å². The molecule has 0 atom stereocenters. The van der Waals surface area contributed by atoms with Crippen LogP contribution in [0.1, 0.15) is 15.4 Å². The van der Waals surface area contributed by atoms with Crippen molar-refractivity contribution in [3.63, 3.8) is 0 Å². The fraction of sp³-hybridized carbons (Fsp3) is 0.0556. The van der Waals surface area contributed by atoms with Crippen molar-refractivity contribution >= 4 is 55.5 Å². The molecule has 1 aromatic carbocycles. The number of fused-ring (bicyclic) bond motifs is 1. The normalized spacial score (nSPS) is 10.8. The first-order valence-electron chi connectivity index (χ1n) is 7.75. The van der Waals surface area contributed by atoms with Crippen molar-refractivity contribution < 1.29 is 14.0 Å². The lowest BCUT2D eigenvalue weighted by Crippen LogP contribution is -2.13. The van der Waals surface area contributed by atoms with Gasteiger partial charge in [0, 0.05) is 10.6 Å². The number of amides is 2. The maximum Gasteiger partial charge on any atom is 0.293 e. The highest BCUT2D eigenvalue weighted by Crippen LogP contribution is 2.29. The average Bonchev–Trinajstić information content (AvgIpc) is 3.35. The molecule has 0 unspecified atom stereocenters. The second-order valence-electron chi connectivity index (χ2n) is 5.44. The number of carbonyl (C=O) groups is 2. The lowest BCUT2D eigenvalue weighted by molar-refractivity contribution is -0.115. The Balaban J connectivity index is 1.47. The number of thiophene rings is 1. The number of hydrogen-bond acceptors (Lipinski definition) is 6. The van der Waals surface area contributed by atoms with E-state index in [1.807, 2.05) is 29.6 Å². The van der Waals surface area contributed by atoms with Crippen LogP contribution in [0.5, 0.6) is 0 Å². The van der Waals surface area contributed by atoms with Crippen molar-refractivity contribution in [1.82, 2.24) is 4.98 Å². The Morgan fingerprint density at radius 2 is 2.04 bits per heavy atom. The SMILES string of the molecule is O=C(Cc1cccs1)Nc1ccc2nc(NC(=O)c3ccco3)sc2c1. The standard InChI is InChI=1S/C18H13N3O3S2/c22-16(10-12-3-2-8-25-12)19-11-5-6-13-15(9-11)26-18(20-13)21-17(23)14-4-1-7-24-14/h1-9H,10H2,(H,19,22)(H,20,21,23). The number of benzene rings is 1. The number of nitrogens with zero attached hydrogens (tertiary/aromatic N) is 1. The summed E-state index contributed by atoms with van der Waals surface area (Å²) < 4.78 is 5.93. The Morgan fingerprint density at radius 3 is 2.81 bits per heavy atom. The molecule has 0 aliphatic rings. The minimum absolute atomic E-state index is 0.0670. The Bertz CT molecular complexity index is 1050. The van der Waals surface area contributed by atoms with Gasteiger partial charge in [0.2, 0.25) is 5.91 Å². The molecule has 4 aromatic rings. The molecular weight excluding hydrogens is 370 g/mol. The van der Waals surface area contributed by atoms with E-state index in [0.29, 0.717) is 17.2 Å². The van der Waals surface area contributed by atoms with Gasteiger partial charge >= 0.3 is 0 Å². The number of rotatable bonds is 5. The summed E-state index contributed by atoms with van der Waals surface area (Å²) in [5.41, 5.74) is 1.45. The summed E-state index contributed by atoms with van der Waals surface area (Å²) >= 11 is 2.89. The third-order valence-corrected chi connectivity index (χ3v) is 5.36. The van der Waals surface area contributed by atoms with E-state index in [0.717, 1.165) is 15.1 Å². The average molecular weight is 383 g/mol. The third-order valence-electron chi connectivity index (χ3n) is 3.55. The summed E-state index contributed by atoms with van der Waals surface area (Å²) in [6.07, 6.45) is 1.79. The van der Waals surface area contributed by atoms with Gasteiger partial charge in [-0.2, -0.15) is 0 Å². The topological polar surface area (TPSA) is 84.2 Å². The Kier molecular flexibility index (Phi) is 4.51. The summed E-state index contributed by atoms with van der Waals surface area (Å²) in [7, 11) is 0.